The Morgan fingerprint density at radius 3 is 1.82 bits per heavy atom. The zero-order valence-corrected chi connectivity index (χ0v) is 16.5. The van der Waals surface area contributed by atoms with Gasteiger partial charge in [-0.2, -0.15) is 0 Å². The van der Waals surface area contributed by atoms with Crippen LogP contribution in [0.1, 0.15) is 32.3 Å². The highest BCUT2D eigenvalue weighted by molar-refractivity contribution is 5.93. The van der Waals surface area contributed by atoms with Gasteiger partial charge in [-0.25, -0.2) is 4.79 Å². The molecule has 3 aromatic rings. The first-order valence-corrected chi connectivity index (χ1v) is 9.78. The third-order valence-corrected chi connectivity index (χ3v) is 4.67. The van der Waals surface area contributed by atoms with Crippen LogP contribution in [-0.4, -0.2) is 12.6 Å². The monoisotopic (exact) mass is 370 g/mol. The molecule has 0 aliphatic heterocycles. The molecule has 2 nitrogen and oxygen atoms in total. The lowest BCUT2D eigenvalue weighted by Gasteiger charge is -2.06. The lowest BCUT2D eigenvalue weighted by atomic mass is 9.99. The van der Waals surface area contributed by atoms with Crippen LogP contribution in [0.25, 0.3) is 28.3 Å². The highest BCUT2D eigenvalue weighted by Crippen LogP contribution is 2.25. The molecule has 0 spiro atoms. The minimum Gasteiger partial charge on any atom is -0.462 e. The minimum absolute atomic E-state index is 0.242. The molecule has 0 bridgehead atoms. The lowest BCUT2D eigenvalue weighted by Crippen LogP contribution is -2.06. The van der Waals surface area contributed by atoms with Crippen molar-refractivity contribution in [1.29, 1.82) is 0 Å². The largest absolute Gasteiger partial charge is 0.462 e. The van der Waals surface area contributed by atoms with Gasteiger partial charge in [0.05, 0.1) is 6.61 Å². The summed E-state index contributed by atoms with van der Waals surface area (Å²) in [6, 6.07) is 27.2. The second-order valence-corrected chi connectivity index (χ2v) is 6.88. The number of benzene rings is 3. The Balaban J connectivity index is 1.69. The van der Waals surface area contributed by atoms with Gasteiger partial charge >= 0.3 is 5.97 Å². The van der Waals surface area contributed by atoms with Crippen LogP contribution in [0.15, 0.2) is 84.4 Å². The molecular formula is C26H26O2. The maximum atomic E-state index is 12.0. The van der Waals surface area contributed by atoms with Gasteiger partial charge in [-0.15, -0.1) is 0 Å². The van der Waals surface area contributed by atoms with Crippen LogP contribution in [0.4, 0.5) is 0 Å². The number of carbonyl (C=O) groups excluding carboxylic acids is 1. The Bertz CT molecular complexity index is 920. The van der Waals surface area contributed by atoms with Crippen LogP contribution in [0.5, 0.6) is 0 Å². The summed E-state index contributed by atoms with van der Waals surface area (Å²) in [7, 11) is 0. The van der Waals surface area contributed by atoms with E-state index in [1.807, 2.05) is 24.3 Å². The van der Waals surface area contributed by atoms with Crippen molar-refractivity contribution >= 4 is 12.0 Å². The summed E-state index contributed by atoms with van der Waals surface area (Å²) in [4.78, 5) is 12.0. The standard InChI is InChI=1S/C26H26O2/c1-3-4-18-28-26(27)20(2)19-21-10-12-23(13-11-21)25-16-14-24(15-17-25)22-8-6-5-7-9-22/h5-17,19H,3-4,18H2,1-2H3/b20-19+. The van der Waals surface area contributed by atoms with Crippen LogP contribution in [0.2, 0.25) is 0 Å². The van der Waals surface area contributed by atoms with Crippen molar-refractivity contribution in [3.8, 4) is 22.3 Å². The number of hydrogen-bond acceptors (Lipinski definition) is 2. The van der Waals surface area contributed by atoms with Crippen molar-refractivity contribution in [2.45, 2.75) is 26.7 Å². The van der Waals surface area contributed by atoms with E-state index < -0.39 is 0 Å². The molecule has 2 heteroatoms. The Kier molecular flexibility index (Phi) is 6.80. The number of ether oxygens (including phenoxy) is 1. The molecule has 0 N–H and O–H groups in total. The van der Waals surface area contributed by atoms with Gasteiger partial charge in [0.25, 0.3) is 0 Å². The quantitative estimate of drug-likeness (QED) is 0.261. The van der Waals surface area contributed by atoms with Crippen LogP contribution >= 0.6 is 0 Å². The van der Waals surface area contributed by atoms with Crippen molar-refractivity contribution in [1.82, 2.24) is 0 Å². The fourth-order valence-corrected chi connectivity index (χ4v) is 2.99. The number of unbranched alkanes of at least 4 members (excludes halogenated alkanes) is 1. The van der Waals surface area contributed by atoms with E-state index in [4.69, 9.17) is 4.74 Å². The average molecular weight is 370 g/mol. The maximum Gasteiger partial charge on any atom is 0.333 e. The SMILES string of the molecule is CCCCOC(=O)/C(C)=C/c1ccc(-c2ccc(-c3ccccc3)cc2)cc1. The van der Waals surface area contributed by atoms with E-state index in [0.29, 0.717) is 12.2 Å². The summed E-state index contributed by atoms with van der Waals surface area (Å²) in [5.74, 6) is -0.242. The van der Waals surface area contributed by atoms with Crippen LogP contribution in [-0.2, 0) is 9.53 Å². The Labute approximate surface area is 167 Å². The normalized spacial score (nSPS) is 11.3. The van der Waals surface area contributed by atoms with Crippen LogP contribution in [0.3, 0.4) is 0 Å². The number of esters is 1. The Morgan fingerprint density at radius 1 is 0.786 bits per heavy atom. The fourth-order valence-electron chi connectivity index (χ4n) is 2.99. The maximum absolute atomic E-state index is 12.0. The highest BCUT2D eigenvalue weighted by atomic mass is 16.5. The fraction of sp³-hybridized carbons (Fsp3) is 0.192. The van der Waals surface area contributed by atoms with Gasteiger partial charge in [-0.3, -0.25) is 0 Å². The van der Waals surface area contributed by atoms with Gasteiger partial charge in [-0.05, 0) is 47.2 Å². The van der Waals surface area contributed by atoms with E-state index >= 15 is 0 Å². The van der Waals surface area contributed by atoms with E-state index in [2.05, 4.69) is 67.6 Å². The smallest absolute Gasteiger partial charge is 0.333 e. The molecule has 0 aliphatic rings. The number of carbonyl (C=O) groups is 1. The predicted octanol–water partition coefficient (Wildman–Crippen LogP) is 6.77. The van der Waals surface area contributed by atoms with Crippen molar-refractivity contribution < 1.29 is 9.53 Å². The van der Waals surface area contributed by atoms with Gasteiger partial charge in [0.2, 0.25) is 0 Å². The van der Waals surface area contributed by atoms with Gasteiger partial charge < -0.3 is 4.74 Å². The molecule has 0 fully saturated rings. The molecule has 0 unspecified atom stereocenters. The number of hydrogen-bond donors (Lipinski definition) is 0. The second-order valence-electron chi connectivity index (χ2n) is 6.88. The summed E-state index contributed by atoms with van der Waals surface area (Å²) >= 11 is 0. The zero-order valence-electron chi connectivity index (χ0n) is 16.5. The van der Waals surface area contributed by atoms with E-state index in [-0.39, 0.29) is 5.97 Å². The van der Waals surface area contributed by atoms with E-state index in [1.165, 1.54) is 16.7 Å². The molecule has 3 rings (SSSR count). The molecule has 0 heterocycles. The molecule has 0 amide bonds. The van der Waals surface area contributed by atoms with E-state index in [0.717, 1.165) is 24.0 Å². The first kappa shape index (κ1) is 19.6. The molecule has 0 saturated carbocycles. The van der Waals surface area contributed by atoms with E-state index in [1.54, 1.807) is 6.92 Å². The third-order valence-electron chi connectivity index (χ3n) is 4.67. The first-order chi connectivity index (χ1) is 13.7. The molecule has 0 aliphatic carbocycles. The van der Waals surface area contributed by atoms with Crippen molar-refractivity contribution in [3.63, 3.8) is 0 Å². The number of rotatable bonds is 7. The van der Waals surface area contributed by atoms with Gasteiger partial charge in [0.15, 0.2) is 0 Å². The lowest BCUT2D eigenvalue weighted by molar-refractivity contribution is -0.138. The summed E-state index contributed by atoms with van der Waals surface area (Å²) in [6.07, 6.45) is 3.79. The zero-order chi connectivity index (χ0) is 19.8. The molecule has 0 atom stereocenters. The molecule has 3 aromatic carbocycles. The Morgan fingerprint density at radius 2 is 1.29 bits per heavy atom. The average Bonchev–Trinajstić information content (AvgIpc) is 2.75. The summed E-state index contributed by atoms with van der Waals surface area (Å²) in [5.41, 5.74) is 6.37. The molecule has 142 valence electrons. The molecule has 0 aromatic heterocycles. The summed E-state index contributed by atoms with van der Waals surface area (Å²) < 4.78 is 5.25. The second kappa shape index (κ2) is 9.70. The molecule has 28 heavy (non-hydrogen) atoms. The van der Waals surface area contributed by atoms with Gasteiger partial charge in [0.1, 0.15) is 0 Å². The van der Waals surface area contributed by atoms with Crippen LogP contribution in [0, 0.1) is 0 Å². The highest BCUT2D eigenvalue weighted by Gasteiger charge is 2.06. The molecular weight excluding hydrogens is 344 g/mol. The molecule has 0 radical (unpaired) electrons. The van der Waals surface area contributed by atoms with Crippen molar-refractivity contribution in [3.05, 3.63) is 90.0 Å². The first-order valence-electron chi connectivity index (χ1n) is 9.78. The summed E-state index contributed by atoms with van der Waals surface area (Å²) in [6.45, 7) is 4.36. The van der Waals surface area contributed by atoms with Gasteiger partial charge in [0, 0.05) is 5.57 Å². The van der Waals surface area contributed by atoms with E-state index in [9.17, 15) is 4.79 Å². The minimum atomic E-state index is -0.242. The van der Waals surface area contributed by atoms with Gasteiger partial charge in [-0.1, -0.05) is 92.2 Å². The van der Waals surface area contributed by atoms with Crippen molar-refractivity contribution in [2.75, 3.05) is 6.61 Å². The predicted molar refractivity (Wildman–Crippen MR) is 117 cm³/mol. The third kappa shape index (κ3) is 5.20. The summed E-state index contributed by atoms with van der Waals surface area (Å²) in [5, 5.41) is 0. The topological polar surface area (TPSA) is 26.3 Å². The van der Waals surface area contributed by atoms with Crippen molar-refractivity contribution in [2.24, 2.45) is 0 Å². The molecule has 0 saturated heterocycles. The Hall–Kier alpha value is -3.13. The van der Waals surface area contributed by atoms with Crippen LogP contribution < -0.4 is 0 Å².